The van der Waals surface area contributed by atoms with Crippen LogP contribution < -0.4 is 9.92 Å². The van der Waals surface area contributed by atoms with E-state index in [0.717, 1.165) is 33.7 Å². The van der Waals surface area contributed by atoms with Crippen molar-refractivity contribution in [3.05, 3.63) is 133 Å². The Morgan fingerprint density at radius 1 is 0.854 bits per heavy atom. The molecule has 207 valence electrons. The summed E-state index contributed by atoms with van der Waals surface area (Å²) in [6, 6.07) is 31.3. The van der Waals surface area contributed by atoms with E-state index in [1.165, 1.54) is 21.7 Å². The minimum atomic E-state index is -1.27. The number of allylic oxidation sites excluding steroid dienone is 2. The van der Waals surface area contributed by atoms with Crippen LogP contribution in [0.5, 0.6) is 5.75 Å². The third-order valence-corrected chi connectivity index (χ3v) is 9.62. The molecule has 1 radical (unpaired) electrons. The molecule has 0 N–H and O–H groups in total. The van der Waals surface area contributed by atoms with Crippen LogP contribution in [0.15, 0.2) is 109 Å². The molecule has 2 atom stereocenters. The van der Waals surface area contributed by atoms with E-state index in [9.17, 15) is 0 Å². The van der Waals surface area contributed by atoms with E-state index in [4.69, 9.17) is 4.74 Å². The Bertz CT molecular complexity index is 1740. The second kappa shape index (κ2) is 12.1. The average Bonchev–Trinajstić information content (AvgIpc) is 3.35. The van der Waals surface area contributed by atoms with Crippen molar-refractivity contribution in [3.63, 3.8) is 0 Å². The summed E-state index contributed by atoms with van der Waals surface area (Å²) in [6.45, 7) is 9.24. The molecule has 2 unspecified atom stereocenters. The molecule has 1 aliphatic heterocycles. The maximum Gasteiger partial charge on any atom is 0.117 e. The Labute approximate surface area is 257 Å². The molecule has 41 heavy (non-hydrogen) atoms. The van der Waals surface area contributed by atoms with Crippen LogP contribution in [0.1, 0.15) is 17.0 Å². The number of aryl methyl sites for hydroxylation is 1. The van der Waals surface area contributed by atoms with Crippen LogP contribution in [0.4, 0.5) is 0 Å². The fourth-order valence-corrected chi connectivity index (χ4v) is 7.19. The number of benzene rings is 3. The standard InChI is InChI=1S/C21H14NO.C15H18NSi.Ir/c1-2-6-16-14(5-1)11-12-22-21(16)15-9-10-18-17-7-3-4-8-19(17)23-20(18)13-15;1-12-10-14(13-8-6-5-7-9-13)16-11-15(12)17(2,3)4;/h1-8,10-13,17,19H;5-8,10-11H,1-4H3;/q2*-1;. The van der Waals surface area contributed by atoms with Gasteiger partial charge in [0.05, 0.1) is 8.07 Å². The van der Waals surface area contributed by atoms with Crippen molar-refractivity contribution in [2.24, 2.45) is 0 Å². The van der Waals surface area contributed by atoms with Crippen molar-refractivity contribution in [1.82, 2.24) is 9.97 Å². The molecule has 0 bridgehead atoms. The van der Waals surface area contributed by atoms with Gasteiger partial charge in [0.15, 0.2) is 0 Å². The maximum atomic E-state index is 6.10. The molecule has 2 aromatic heterocycles. The number of hydrogen-bond acceptors (Lipinski definition) is 3. The van der Waals surface area contributed by atoms with E-state index in [-0.39, 0.29) is 26.2 Å². The van der Waals surface area contributed by atoms with Crippen molar-refractivity contribution >= 4 is 24.0 Å². The predicted octanol–water partition coefficient (Wildman–Crippen LogP) is 8.07. The van der Waals surface area contributed by atoms with Gasteiger partial charge >= 0.3 is 0 Å². The number of aromatic nitrogens is 2. The van der Waals surface area contributed by atoms with Crippen LogP contribution in [0.2, 0.25) is 19.6 Å². The molecular weight excluding hydrogens is 697 g/mol. The zero-order valence-electron chi connectivity index (χ0n) is 23.7. The van der Waals surface area contributed by atoms with Gasteiger partial charge in [-0.05, 0) is 46.4 Å². The largest absolute Gasteiger partial charge is 0.505 e. The number of pyridine rings is 2. The van der Waals surface area contributed by atoms with E-state index in [2.05, 4.69) is 109 Å². The molecule has 0 saturated heterocycles. The first-order valence-electron chi connectivity index (χ1n) is 13.7. The van der Waals surface area contributed by atoms with Crippen LogP contribution in [0, 0.1) is 19.1 Å². The summed E-state index contributed by atoms with van der Waals surface area (Å²) in [7, 11) is -1.27. The van der Waals surface area contributed by atoms with Crippen LogP contribution in [0.25, 0.3) is 33.3 Å². The normalized spacial score (nSPS) is 16.6. The Hall–Kier alpha value is -3.63. The van der Waals surface area contributed by atoms with Gasteiger partial charge in [0.1, 0.15) is 6.10 Å². The summed E-state index contributed by atoms with van der Waals surface area (Å²) in [4.78, 5) is 9.16. The van der Waals surface area contributed by atoms with Gasteiger partial charge < -0.3 is 14.7 Å². The summed E-state index contributed by atoms with van der Waals surface area (Å²) in [5, 5.41) is 3.77. The molecule has 0 fully saturated rings. The zero-order valence-corrected chi connectivity index (χ0v) is 27.1. The third kappa shape index (κ3) is 6.03. The topological polar surface area (TPSA) is 35.0 Å². The zero-order chi connectivity index (χ0) is 27.7. The first kappa shape index (κ1) is 28.9. The second-order valence-electron chi connectivity index (χ2n) is 11.3. The first-order chi connectivity index (χ1) is 19.4. The molecule has 1 aliphatic carbocycles. The SMILES string of the molecule is Cc1cc(-c2[c-]cccc2)ncc1[Si](C)(C)C.[Ir].[c-]1cc2c(cc1-c1nccc3ccccc13)OC1C=CC=CC21. The average molecular weight is 729 g/mol. The van der Waals surface area contributed by atoms with Gasteiger partial charge in [-0.3, -0.25) is 0 Å². The van der Waals surface area contributed by atoms with E-state index < -0.39 is 8.07 Å². The Balaban J connectivity index is 0.000000169. The fourth-order valence-electron chi connectivity index (χ4n) is 5.48. The van der Waals surface area contributed by atoms with Gasteiger partial charge in [-0.1, -0.05) is 79.3 Å². The molecular formula is C36H32IrN2OSi-2. The smallest absolute Gasteiger partial charge is 0.117 e. The Morgan fingerprint density at radius 2 is 1.66 bits per heavy atom. The van der Waals surface area contributed by atoms with E-state index in [0.29, 0.717) is 5.92 Å². The summed E-state index contributed by atoms with van der Waals surface area (Å²) >= 11 is 0. The first-order valence-corrected chi connectivity index (χ1v) is 17.2. The van der Waals surface area contributed by atoms with E-state index >= 15 is 0 Å². The van der Waals surface area contributed by atoms with Gasteiger partial charge in [0.2, 0.25) is 0 Å². The van der Waals surface area contributed by atoms with Gasteiger partial charge in [-0.15, -0.1) is 59.7 Å². The summed E-state index contributed by atoms with van der Waals surface area (Å²) in [6.07, 6.45) is 12.5. The molecule has 3 nitrogen and oxygen atoms in total. The van der Waals surface area contributed by atoms with Gasteiger partial charge in [0, 0.05) is 44.2 Å². The fraction of sp³-hybridized carbons (Fsp3) is 0.167. The van der Waals surface area contributed by atoms with Crippen LogP contribution in [-0.2, 0) is 20.1 Å². The molecule has 0 spiro atoms. The number of ether oxygens (including phenoxy) is 1. The van der Waals surface area contributed by atoms with Gasteiger partial charge in [0.25, 0.3) is 0 Å². The molecule has 0 saturated carbocycles. The molecule has 7 rings (SSSR count). The Kier molecular flexibility index (Phi) is 8.51. The number of fused-ring (bicyclic) bond motifs is 4. The van der Waals surface area contributed by atoms with Crippen LogP contribution in [-0.4, -0.2) is 24.1 Å². The van der Waals surface area contributed by atoms with Crippen molar-refractivity contribution in [2.75, 3.05) is 0 Å². The molecule has 2 aliphatic rings. The van der Waals surface area contributed by atoms with Gasteiger partial charge in [-0.2, -0.15) is 0 Å². The quantitative estimate of drug-likeness (QED) is 0.139. The van der Waals surface area contributed by atoms with Crippen molar-refractivity contribution in [2.45, 2.75) is 38.6 Å². The molecule has 3 heterocycles. The second-order valence-corrected chi connectivity index (χ2v) is 16.4. The molecule has 3 aromatic carbocycles. The van der Waals surface area contributed by atoms with Crippen molar-refractivity contribution in [1.29, 1.82) is 0 Å². The molecule has 0 amide bonds. The number of nitrogens with zero attached hydrogens (tertiary/aromatic N) is 2. The summed E-state index contributed by atoms with van der Waals surface area (Å²) in [5.74, 6) is 1.25. The van der Waals surface area contributed by atoms with Crippen LogP contribution in [0.3, 0.4) is 0 Å². The third-order valence-electron chi connectivity index (χ3n) is 7.48. The predicted molar refractivity (Wildman–Crippen MR) is 168 cm³/mol. The minimum absolute atomic E-state index is 0. The number of rotatable bonds is 3. The maximum absolute atomic E-state index is 6.10. The minimum Gasteiger partial charge on any atom is -0.505 e. The van der Waals surface area contributed by atoms with E-state index in [1.54, 1.807) is 0 Å². The molecule has 5 heteroatoms. The van der Waals surface area contributed by atoms with Crippen LogP contribution >= 0.6 is 0 Å². The van der Waals surface area contributed by atoms with Crippen molar-refractivity contribution in [3.8, 4) is 28.3 Å². The van der Waals surface area contributed by atoms with E-state index in [1.807, 2.05) is 48.7 Å². The van der Waals surface area contributed by atoms with Gasteiger partial charge in [-0.25, -0.2) is 0 Å². The number of hydrogen-bond donors (Lipinski definition) is 0. The monoisotopic (exact) mass is 729 g/mol. The molecule has 5 aromatic rings. The van der Waals surface area contributed by atoms with Crippen molar-refractivity contribution < 1.29 is 24.8 Å². The summed E-state index contributed by atoms with van der Waals surface area (Å²) < 4.78 is 6.10. The summed E-state index contributed by atoms with van der Waals surface area (Å²) in [5.41, 5.74) is 6.58. The Morgan fingerprint density at radius 3 is 2.44 bits per heavy atom.